The van der Waals surface area contributed by atoms with Gasteiger partial charge in [0.1, 0.15) is 0 Å². The number of benzene rings is 1. The topological polar surface area (TPSA) is 58.4 Å². The molecule has 2 heterocycles. The molecule has 2 fully saturated rings. The Kier molecular flexibility index (Phi) is 3.46. The van der Waals surface area contributed by atoms with E-state index in [0.29, 0.717) is 17.9 Å². The standard InChI is InChI=1S/C14H18BrN3O2/c1-8-3-14(12(15)4-13(8)18(19)20)17-7-10-5-16-6-11(10)9(17)2/h3-4,9-11,16H,5-7H2,1-2H3. The van der Waals surface area contributed by atoms with Gasteiger partial charge < -0.3 is 10.2 Å². The molecule has 108 valence electrons. The van der Waals surface area contributed by atoms with E-state index in [4.69, 9.17) is 0 Å². The molecule has 2 aliphatic rings. The van der Waals surface area contributed by atoms with Crippen molar-refractivity contribution in [3.63, 3.8) is 0 Å². The van der Waals surface area contributed by atoms with E-state index in [1.807, 2.05) is 6.07 Å². The first-order valence-electron chi connectivity index (χ1n) is 6.91. The predicted octanol–water partition coefficient (Wildman–Crippen LogP) is 2.71. The molecule has 2 aliphatic heterocycles. The summed E-state index contributed by atoms with van der Waals surface area (Å²) in [6, 6.07) is 4.03. The van der Waals surface area contributed by atoms with Gasteiger partial charge in [-0.25, -0.2) is 0 Å². The molecule has 1 aromatic carbocycles. The first-order chi connectivity index (χ1) is 9.49. The van der Waals surface area contributed by atoms with E-state index >= 15 is 0 Å². The van der Waals surface area contributed by atoms with Gasteiger partial charge >= 0.3 is 0 Å². The van der Waals surface area contributed by atoms with E-state index in [-0.39, 0.29) is 10.6 Å². The average Bonchev–Trinajstić information content (AvgIpc) is 2.95. The van der Waals surface area contributed by atoms with Crippen LogP contribution < -0.4 is 10.2 Å². The van der Waals surface area contributed by atoms with Crippen LogP contribution in [0.5, 0.6) is 0 Å². The van der Waals surface area contributed by atoms with Crippen molar-refractivity contribution in [3.05, 3.63) is 32.3 Å². The molecule has 3 unspecified atom stereocenters. The Hall–Kier alpha value is -1.14. The number of halogens is 1. The summed E-state index contributed by atoms with van der Waals surface area (Å²) in [7, 11) is 0. The van der Waals surface area contributed by atoms with E-state index in [1.54, 1.807) is 13.0 Å². The molecule has 0 spiro atoms. The molecule has 1 aromatic rings. The molecular weight excluding hydrogens is 322 g/mol. The number of nitrogens with one attached hydrogen (secondary N) is 1. The van der Waals surface area contributed by atoms with Crippen LogP contribution in [0.3, 0.4) is 0 Å². The van der Waals surface area contributed by atoms with Crippen molar-refractivity contribution in [1.82, 2.24) is 5.32 Å². The summed E-state index contributed by atoms with van der Waals surface area (Å²) < 4.78 is 0.814. The summed E-state index contributed by atoms with van der Waals surface area (Å²) >= 11 is 3.51. The van der Waals surface area contributed by atoms with Gasteiger partial charge in [0.25, 0.3) is 5.69 Å². The number of nitrogens with zero attached hydrogens (tertiary/aromatic N) is 2. The summed E-state index contributed by atoms with van der Waals surface area (Å²) in [5, 5.41) is 14.4. The second-order valence-corrected chi connectivity index (χ2v) is 6.68. The summed E-state index contributed by atoms with van der Waals surface area (Å²) in [6.07, 6.45) is 0. The summed E-state index contributed by atoms with van der Waals surface area (Å²) in [5.41, 5.74) is 1.97. The molecule has 0 radical (unpaired) electrons. The highest BCUT2D eigenvalue weighted by Gasteiger charge is 2.42. The van der Waals surface area contributed by atoms with Gasteiger partial charge in [-0.2, -0.15) is 0 Å². The molecular formula is C14H18BrN3O2. The van der Waals surface area contributed by atoms with Crippen LogP contribution in [0.4, 0.5) is 11.4 Å². The van der Waals surface area contributed by atoms with Crippen LogP contribution in [0.2, 0.25) is 0 Å². The minimum absolute atomic E-state index is 0.175. The highest BCUT2D eigenvalue weighted by Crippen LogP contribution is 2.40. The number of nitro groups is 1. The molecule has 2 saturated heterocycles. The van der Waals surface area contributed by atoms with E-state index < -0.39 is 0 Å². The lowest BCUT2D eigenvalue weighted by molar-refractivity contribution is -0.385. The van der Waals surface area contributed by atoms with Crippen molar-refractivity contribution in [2.24, 2.45) is 11.8 Å². The quantitative estimate of drug-likeness (QED) is 0.664. The normalized spacial score (nSPS) is 28.8. The van der Waals surface area contributed by atoms with Crippen molar-refractivity contribution in [2.75, 3.05) is 24.5 Å². The van der Waals surface area contributed by atoms with Crippen molar-refractivity contribution in [2.45, 2.75) is 19.9 Å². The number of hydrogen-bond acceptors (Lipinski definition) is 4. The molecule has 20 heavy (non-hydrogen) atoms. The van der Waals surface area contributed by atoms with Crippen LogP contribution >= 0.6 is 15.9 Å². The fourth-order valence-electron chi connectivity index (χ4n) is 3.56. The number of nitro benzene ring substituents is 1. The van der Waals surface area contributed by atoms with Gasteiger partial charge in [0, 0.05) is 41.8 Å². The predicted molar refractivity (Wildman–Crippen MR) is 82.2 cm³/mol. The third kappa shape index (κ3) is 2.11. The molecule has 0 amide bonds. The van der Waals surface area contributed by atoms with Crippen LogP contribution in [-0.4, -0.2) is 30.6 Å². The zero-order valence-corrected chi connectivity index (χ0v) is 13.2. The first-order valence-corrected chi connectivity index (χ1v) is 7.70. The minimum atomic E-state index is -0.323. The Morgan fingerprint density at radius 2 is 2.20 bits per heavy atom. The molecule has 3 rings (SSSR count). The van der Waals surface area contributed by atoms with E-state index in [9.17, 15) is 10.1 Å². The second kappa shape index (κ2) is 5.00. The maximum Gasteiger partial charge on any atom is 0.273 e. The smallest absolute Gasteiger partial charge is 0.273 e. The van der Waals surface area contributed by atoms with Gasteiger partial charge in [-0.15, -0.1) is 0 Å². The third-order valence-corrected chi connectivity index (χ3v) is 5.34. The fraction of sp³-hybridized carbons (Fsp3) is 0.571. The van der Waals surface area contributed by atoms with E-state index in [2.05, 4.69) is 33.1 Å². The average molecular weight is 340 g/mol. The zero-order valence-electron chi connectivity index (χ0n) is 11.6. The van der Waals surface area contributed by atoms with Gasteiger partial charge in [0.2, 0.25) is 0 Å². The van der Waals surface area contributed by atoms with Crippen LogP contribution in [0, 0.1) is 28.9 Å². The Bertz CT molecular complexity index is 564. The highest BCUT2D eigenvalue weighted by molar-refractivity contribution is 9.10. The highest BCUT2D eigenvalue weighted by atomic mass is 79.9. The molecule has 0 aliphatic carbocycles. The SMILES string of the molecule is Cc1cc(N2CC3CNCC3C2C)c(Br)cc1[N+](=O)[O-]. The van der Waals surface area contributed by atoms with Crippen LogP contribution in [0.1, 0.15) is 12.5 Å². The van der Waals surface area contributed by atoms with Gasteiger partial charge in [-0.3, -0.25) is 10.1 Å². The van der Waals surface area contributed by atoms with Gasteiger partial charge in [0.15, 0.2) is 0 Å². The Morgan fingerprint density at radius 1 is 1.45 bits per heavy atom. The monoisotopic (exact) mass is 339 g/mol. The molecule has 1 N–H and O–H groups in total. The molecule has 3 atom stereocenters. The number of rotatable bonds is 2. The number of fused-ring (bicyclic) bond motifs is 1. The lowest BCUT2D eigenvalue weighted by atomic mass is 9.95. The largest absolute Gasteiger partial charge is 0.367 e. The van der Waals surface area contributed by atoms with E-state index in [0.717, 1.165) is 35.4 Å². The van der Waals surface area contributed by atoms with E-state index in [1.165, 1.54) is 0 Å². The second-order valence-electron chi connectivity index (χ2n) is 5.82. The maximum absolute atomic E-state index is 11.0. The molecule has 5 nitrogen and oxygen atoms in total. The van der Waals surface area contributed by atoms with Crippen molar-refractivity contribution < 1.29 is 4.92 Å². The summed E-state index contributed by atoms with van der Waals surface area (Å²) in [4.78, 5) is 13.1. The van der Waals surface area contributed by atoms with Crippen LogP contribution in [0.25, 0.3) is 0 Å². The van der Waals surface area contributed by atoms with Crippen LogP contribution in [0.15, 0.2) is 16.6 Å². The zero-order chi connectivity index (χ0) is 14.4. The lowest BCUT2D eigenvalue weighted by Crippen LogP contribution is -2.33. The molecule has 0 saturated carbocycles. The van der Waals surface area contributed by atoms with Crippen molar-refractivity contribution in [3.8, 4) is 0 Å². The molecule has 6 heteroatoms. The van der Waals surface area contributed by atoms with Crippen molar-refractivity contribution >= 4 is 27.3 Å². The molecule has 0 bridgehead atoms. The van der Waals surface area contributed by atoms with Gasteiger partial charge in [-0.1, -0.05) is 0 Å². The number of aryl methyl sites for hydroxylation is 1. The summed E-state index contributed by atoms with van der Waals surface area (Å²) in [6.45, 7) is 7.23. The first kappa shape index (κ1) is 13.8. The van der Waals surface area contributed by atoms with Gasteiger partial charge in [0.05, 0.1) is 10.6 Å². The fourth-order valence-corrected chi connectivity index (χ4v) is 4.12. The third-order valence-electron chi connectivity index (χ3n) is 4.71. The minimum Gasteiger partial charge on any atom is -0.367 e. The lowest BCUT2D eigenvalue weighted by Gasteiger charge is -2.28. The molecule has 0 aromatic heterocycles. The Morgan fingerprint density at radius 3 is 2.85 bits per heavy atom. The Balaban J connectivity index is 1.95. The number of hydrogen-bond donors (Lipinski definition) is 1. The Labute approximate surface area is 126 Å². The van der Waals surface area contributed by atoms with Crippen molar-refractivity contribution in [1.29, 1.82) is 0 Å². The number of anilines is 1. The van der Waals surface area contributed by atoms with Gasteiger partial charge in [-0.05, 0) is 47.7 Å². The summed E-state index contributed by atoms with van der Waals surface area (Å²) in [5.74, 6) is 1.37. The maximum atomic E-state index is 11.0. The van der Waals surface area contributed by atoms with Crippen LogP contribution in [-0.2, 0) is 0 Å².